The molecule has 0 saturated carbocycles. The number of rotatable bonds is 6. The Bertz CT molecular complexity index is 701. The molecule has 0 spiro atoms. The molecule has 0 aliphatic carbocycles. The van der Waals surface area contributed by atoms with E-state index < -0.39 is 12.4 Å². The predicted octanol–water partition coefficient (Wildman–Crippen LogP) is 4.03. The third-order valence-electron chi connectivity index (χ3n) is 3.22. The summed E-state index contributed by atoms with van der Waals surface area (Å²) in [6.07, 6.45) is -4.75. The number of ether oxygens (including phenoxy) is 2. The van der Waals surface area contributed by atoms with Crippen LogP contribution in [-0.4, -0.2) is 25.4 Å². The Labute approximate surface area is 142 Å². The first-order valence-corrected chi connectivity index (χ1v) is 7.34. The molecule has 0 aromatic heterocycles. The van der Waals surface area contributed by atoms with Gasteiger partial charge < -0.3 is 20.1 Å². The lowest BCUT2D eigenvalue weighted by Gasteiger charge is -2.16. The maximum atomic E-state index is 12.1. The molecule has 0 fully saturated rings. The van der Waals surface area contributed by atoms with E-state index in [4.69, 9.17) is 4.74 Å². The van der Waals surface area contributed by atoms with Crippen molar-refractivity contribution in [3.8, 4) is 11.5 Å². The maximum absolute atomic E-state index is 12.1. The fraction of sp³-hybridized carbons (Fsp3) is 0.235. The molecule has 134 valence electrons. The van der Waals surface area contributed by atoms with Gasteiger partial charge in [-0.1, -0.05) is 0 Å². The van der Waals surface area contributed by atoms with E-state index in [1.54, 1.807) is 38.3 Å². The number of nitrogens with one attached hydrogen (secondary N) is 2. The summed E-state index contributed by atoms with van der Waals surface area (Å²) in [6, 6.07) is 11.4. The molecule has 1 amide bonds. The number of hydrogen-bond acceptors (Lipinski definition) is 4. The average Bonchev–Trinajstić information content (AvgIpc) is 2.56. The van der Waals surface area contributed by atoms with Gasteiger partial charge in [0, 0.05) is 11.4 Å². The Morgan fingerprint density at radius 3 is 2.00 bits per heavy atom. The number of carbonyl (C=O) groups is 1. The van der Waals surface area contributed by atoms with Crippen molar-refractivity contribution in [2.75, 3.05) is 17.7 Å². The molecule has 2 N–H and O–H groups in total. The first-order valence-electron chi connectivity index (χ1n) is 7.34. The molecule has 1 atom stereocenters. The third-order valence-corrected chi connectivity index (χ3v) is 3.22. The molecule has 2 rings (SSSR count). The maximum Gasteiger partial charge on any atom is 0.573 e. The van der Waals surface area contributed by atoms with Crippen LogP contribution in [0, 0.1) is 0 Å². The Morgan fingerprint density at radius 2 is 1.48 bits per heavy atom. The normalized spacial score (nSPS) is 12.2. The lowest BCUT2D eigenvalue weighted by molar-refractivity contribution is -0.274. The molecule has 0 bridgehead atoms. The summed E-state index contributed by atoms with van der Waals surface area (Å²) in [4.78, 5) is 12.1. The lowest BCUT2D eigenvalue weighted by Crippen LogP contribution is -2.31. The summed E-state index contributed by atoms with van der Waals surface area (Å²) >= 11 is 0. The second kappa shape index (κ2) is 7.78. The predicted molar refractivity (Wildman–Crippen MR) is 87.8 cm³/mol. The van der Waals surface area contributed by atoms with Crippen LogP contribution >= 0.6 is 0 Å². The molecule has 25 heavy (non-hydrogen) atoms. The summed E-state index contributed by atoms with van der Waals surface area (Å²) in [5.74, 6) is 0.0130. The summed E-state index contributed by atoms with van der Waals surface area (Å²) in [5, 5.41) is 5.63. The first-order chi connectivity index (χ1) is 11.8. The van der Waals surface area contributed by atoms with Crippen LogP contribution in [0.5, 0.6) is 11.5 Å². The van der Waals surface area contributed by atoms with Crippen LogP contribution in [-0.2, 0) is 4.79 Å². The number of hydrogen-bond donors (Lipinski definition) is 2. The van der Waals surface area contributed by atoms with Crippen molar-refractivity contribution < 1.29 is 27.4 Å². The minimum atomic E-state index is -4.75. The van der Waals surface area contributed by atoms with Gasteiger partial charge in [-0.15, -0.1) is 13.2 Å². The molecule has 0 radical (unpaired) electrons. The van der Waals surface area contributed by atoms with Crippen LogP contribution in [0.1, 0.15) is 6.92 Å². The molecule has 0 saturated heterocycles. The van der Waals surface area contributed by atoms with E-state index in [0.29, 0.717) is 11.4 Å². The number of alkyl halides is 3. The third kappa shape index (κ3) is 5.91. The molecule has 0 aliphatic heterocycles. The smallest absolute Gasteiger partial charge is 0.497 e. The van der Waals surface area contributed by atoms with E-state index in [2.05, 4.69) is 15.4 Å². The number of amides is 1. The minimum absolute atomic E-state index is 0.333. The minimum Gasteiger partial charge on any atom is -0.497 e. The van der Waals surface area contributed by atoms with Gasteiger partial charge in [0.05, 0.1) is 7.11 Å². The molecule has 5 nitrogen and oxygen atoms in total. The van der Waals surface area contributed by atoms with Gasteiger partial charge in [0.25, 0.3) is 0 Å². The van der Waals surface area contributed by atoms with Crippen molar-refractivity contribution in [1.29, 1.82) is 0 Å². The van der Waals surface area contributed by atoms with Crippen molar-refractivity contribution in [3.63, 3.8) is 0 Å². The lowest BCUT2D eigenvalue weighted by atomic mass is 10.2. The van der Waals surface area contributed by atoms with E-state index in [9.17, 15) is 18.0 Å². The van der Waals surface area contributed by atoms with Crippen molar-refractivity contribution >= 4 is 17.3 Å². The number of benzene rings is 2. The molecular formula is C17H17F3N2O3. The fourth-order valence-electron chi connectivity index (χ4n) is 1.99. The fourth-order valence-corrected chi connectivity index (χ4v) is 1.99. The summed E-state index contributed by atoms with van der Waals surface area (Å²) in [6.45, 7) is 1.67. The average molecular weight is 354 g/mol. The van der Waals surface area contributed by atoms with Crippen LogP contribution in [0.4, 0.5) is 24.5 Å². The Kier molecular flexibility index (Phi) is 5.74. The second-order valence-electron chi connectivity index (χ2n) is 5.16. The standard InChI is InChI=1S/C17H17F3N2O3/c1-11(21-12-3-7-14(24-2)8-4-12)16(23)22-13-5-9-15(10-6-13)25-17(18,19)20/h3-11,21H,1-2H3,(H,22,23). The summed E-state index contributed by atoms with van der Waals surface area (Å²) < 4.78 is 45.1. The number of methoxy groups -OCH3 is 1. The van der Waals surface area contributed by atoms with E-state index >= 15 is 0 Å². The van der Waals surface area contributed by atoms with Gasteiger partial charge in [-0.05, 0) is 55.5 Å². The summed E-state index contributed by atoms with van der Waals surface area (Å²) in [5.41, 5.74) is 1.10. The Morgan fingerprint density at radius 1 is 0.960 bits per heavy atom. The monoisotopic (exact) mass is 354 g/mol. The van der Waals surface area contributed by atoms with Crippen LogP contribution < -0.4 is 20.1 Å². The number of anilines is 2. The van der Waals surface area contributed by atoms with E-state index in [1.165, 1.54) is 12.1 Å². The first kappa shape index (κ1) is 18.4. The number of carbonyl (C=O) groups excluding carboxylic acids is 1. The molecular weight excluding hydrogens is 337 g/mol. The highest BCUT2D eigenvalue weighted by atomic mass is 19.4. The van der Waals surface area contributed by atoms with Gasteiger partial charge in [-0.25, -0.2) is 0 Å². The van der Waals surface area contributed by atoms with Crippen molar-refractivity contribution in [2.24, 2.45) is 0 Å². The quantitative estimate of drug-likeness (QED) is 0.822. The molecule has 8 heteroatoms. The van der Waals surface area contributed by atoms with Gasteiger partial charge in [0.2, 0.25) is 5.91 Å². The van der Waals surface area contributed by atoms with E-state index in [-0.39, 0.29) is 11.7 Å². The van der Waals surface area contributed by atoms with Gasteiger partial charge in [0.1, 0.15) is 17.5 Å². The van der Waals surface area contributed by atoms with Crippen molar-refractivity contribution in [3.05, 3.63) is 48.5 Å². The van der Waals surface area contributed by atoms with Crippen molar-refractivity contribution in [1.82, 2.24) is 0 Å². The highest BCUT2D eigenvalue weighted by molar-refractivity contribution is 5.96. The van der Waals surface area contributed by atoms with Crippen LogP contribution in [0.3, 0.4) is 0 Å². The second-order valence-corrected chi connectivity index (χ2v) is 5.16. The van der Waals surface area contributed by atoms with Crippen LogP contribution in [0.25, 0.3) is 0 Å². The van der Waals surface area contributed by atoms with Gasteiger partial charge in [-0.2, -0.15) is 0 Å². The Balaban J connectivity index is 1.91. The molecule has 2 aromatic carbocycles. The number of halogens is 3. The molecule has 0 heterocycles. The molecule has 2 aromatic rings. The zero-order valence-corrected chi connectivity index (χ0v) is 13.6. The SMILES string of the molecule is COc1ccc(NC(C)C(=O)Nc2ccc(OC(F)(F)F)cc2)cc1. The Hall–Kier alpha value is -2.90. The zero-order chi connectivity index (χ0) is 18.4. The molecule has 0 aliphatic rings. The van der Waals surface area contributed by atoms with Crippen molar-refractivity contribution in [2.45, 2.75) is 19.3 Å². The van der Waals surface area contributed by atoms with E-state index in [1.807, 2.05) is 0 Å². The largest absolute Gasteiger partial charge is 0.573 e. The zero-order valence-electron chi connectivity index (χ0n) is 13.6. The van der Waals surface area contributed by atoms with Crippen LogP contribution in [0.15, 0.2) is 48.5 Å². The highest BCUT2D eigenvalue weighted by Gasteiger charge is 2.31. The highest BCUT2D eigenvalue weighted by Crippen LogP contribution is 2.24. The molecule has 1 unspecified atom stereocenters. The van der Waals surface area contributed by atoms with Gasteiger partial charge in [0.15, 0.2) is 0 Å². The van der Waals surface area contributed by atoms with Gasteiger partial charge in [-0.3, -0.25) is 4.79 Å². The van der Waals surface area contributed by atoms with E-state index in [0.717, 1.165) is 17.8 Å². The summed E-state index contributed by atoms with van der Waals surface area (Å²) in [7, 11) is 1.56. The van der Waals surface area contributed by atoms with Crippen LogP contribution in [0.2, 0.25) is 0 Å². The van der Waals surface area contributed by atoms with Gasteiger partial charge >= 0.3 is 6.36 Å². The topological polar surface area (TPSA) is 59.6 Å².